The second kappa shape index (κ2) is 8.92. The first-order chi connectivity index (χ1) is 12.0. The highest BCUT2D eigenvalue weighted by Crippen LogP contribution is 2.08. The summed E-state index contributed by atoms with van der Waals surface area (Å²) in [5.74, 6) is -1.41. The zero-order chi connectivity index (χ0) is 18.2. The van der Waals surface area contributed by atoms with E-state index >= 15 is 0 Å². The molecular weight excluding hydrogens is 326 g/mol. The van der Waals surface area contributed by atoms with E-state index < -0.39 is 11.7 Å². The number of hydrogen-bond donors (Lipinski definition) is 1. The Bertz CT molecular complexity index is 750. The highest BCUT2D eigenvalue weighted by molar-refractivity contribution is 5.83. The standard InChI is InChI=1S/C19H20F2N2O2/c1-14(24)23(11-10-15-6-2-4-8-17(15)20)13-19(25)22-12-16-7-3-5-9-18(16)21/h2-9H,10-13H2,1H3,(H,22,25). The van der Waals surface area contributed by atoms with E-state index in [0.717, 1.165) is 0 Å². The Kier molecular flexibility index (Phi) is 6.62. The van der Waals surface area contributed by atoms with Crippen LogP contribution in [-0.2, 0) is 22.6 Å². The average Bonchev–Trinajstić information content (AvgIpc) is 2.59. The molecule has 0 unspecified atom stereocenters. The molecule has 4 nitrogen and oxygen atoms in total. The van der Waals surface area contributed by atoms with Crippen molar-refractivity contribution in [3.05, 3.63) is 71.3 Å². The second-order valence-electron chi connectivity index (χ2n) is 5.65. The van der Waals surface area contributed by atoms with Gasteiger partial charge < -0.3 is 10.2 Å². The second-order valence-corrected chi connectivity index (χ2v) is 5.65. The van der Waals surface area contributed by atoms with Crippen molar-refractivity contribution in [2.24, 2.45) is 0 Å². The van der Waals surface area contributed by atoms with Crippen LogP contribution in [0.15, 0.2) is 48.5 Å². The van der Waals surface area contributed by atoms with Gasteiger partial charge in [-0.25, -0.2) is 8.78 Å². The van der Waals surface area contributed by atoms with Crippen LogP contribution in [0.5, 0.6) is 0 Å². The molecule has 2 aromatic rings. The number of carbonyl (C=O) groups excluding carboxylic acids is 2. The SMILES string of the molecule is CC(=O)N(CCc1ccccc1F)CC(=O)NCc1ccccc1F. The predicted octanol–water partition coefficient (Wildman–Crippen LogP) is 2.67. The topological polar surface area (TPSA) is 49.4 Å². The summed E-state index contributed by atoms with van der Waals surface area (Å²) in [6.45, 7) is 1.47. The minimum absolute atomic E-state index is 0.0462. The molecule has 0 atom stereocenters. The van der Waals surface area contributed by atoms with Crippen molar-refractivity contribution >= 4 is 11.8 Å². The van der Waals surface area contributed by atoms with E-state index in [2.05, 4.69) is 5.32 Å². The number of nitrogens with one attached hydrogen (secondary N) is 1. The Labute approximate surface area is 145 Å². The fourth-order valence-corrected chi connectivity index (χ4v) is 2.37. The first-order valence-corrected chi connectivity index (χ1v) is 7.96. The summed E-state index contributed by atoms with van der Waals surface area (Å²) in [7, 11) is 0. The maximum absolute atomic E-state index is 13.6. The molecule has 0 spiro atoms. The molecule has 2 amide bonds. The van der Waals surface area contributed by atoms with Crippen LogP contribution in [0.1, 0.15) is 18.1 Å². The summed E-state index contributed by atoms with van der Waals surface area (Å²) >= 11 is 0. The van der Waals surface area contributed by atoms with Crippen molar-refractivity contribution in [3.63, 3.8) is 0 Å². The van der Waals surface area contributed by atoms with Gasteiger partial charge in [0.2, 0.25) is 11.8 Å². The van der Waals surface area contributed by atoms with E-state index in [-0.39, 0.29) is 31.4 Å². The molecule has 0 aliphatic heterocycles. The van der Waals surface area contributed by atoms with Crippen LogP contribution in [0, 0.1) is 11.6 Å². The molecule has 0 fully saturated rings. The van der Waals surface area contributed by atoms with Gasteiger partial charge in [-0.1, -0.05) is 36.4 Å². The van der Waals surface area contributed by atoms with Gasteiger partial charge in [-0.15, -0.1) is 0 Å². The minimum Gasteiger partial charge on any atom is -0.350 e. The Hall–Kier alpha value is -2.76. The van der Waals surface area contributed by atoms with Gasteiger partial charge in [-0.3, -0.25) is 9.59 Å². The van der Waals surface area contributed by atoms with Crippen molar-refractivity contribution in [1.82, 2.24) is 10.2 Å². The van der Waals surface area contributed by atoms with Crippen LogP contribution in [0.2, 0.25) is 0 Å². The number of carbonyl (C=O) groups is 2. The Balaban J connectivity index is 1.88. The summed E-state index contributed by atoms with van der Waals surface area (Å²) in [6.07, 6.45) is 0.312. The van der Waals surface area contributed by atoms with Crippen molar-refractivity contribution in [3.8, 4) is 0 Å². The van der Waals surface area contributed by atoms with Gasteiger partial charge in [0.05, 0.1) is 6.54 Å². The van der Waals surface area contributed by atoms with E-state index in [1.165, 1.54) is 24.0 Å². The minimum atomic E-state index is -0.397. The fourth-order valence-electron chi connectivity index (χ4n) is 2.37. The summed E-state index contributed by atoms with van der Waals surface area (Å²) in [6, 6.07) is 12.5. The van der Waals surface area contributed by atoms with Gasteiger partial charge in [-0.05, 0) is 24.1 Å². The molecule has 132 valence electrons. The first-order valence-electron chi connectivity index (χ1n) is 7.96. The highest BCUT2D eigenvalue weighted by atomic mass is 19.1. The molecule has 1 N–H and O–H groups in total. The Morgan fingerprint density at radius 3 is 2.08 bits per heavy atom. The number of hydrogen-bond acceptors (Lipinski definition) is 2. The van der Waals surface area contributed by atoms with Crippen LogP contribution < -0.4 is 5.32 Å². The predicted molar refractivity (Wildman–Crippen MR) is 90.6 cm³/mol. The molecule has 2 aromatic carbocycles. The van der Waals surface area contributed by atoms with Gasteiger partial charge in [0.15, 0.2) is 0 Å². The quantitative estimate of drug-likeness (QED) is 0.838. The molecule has 0 saturated carbocycles. The molecule has 0 saturated heterocycles. The van der Waals surface area contributed by atoms with Crippen molar-refractivity contribution < 1.29 is 18.4 Å². The molecule has 6 heteroatoms. The number of halogens is 2. The zero-order valence-electron chi connectivity index (χ0n) is 14.0. The summed E-state index contributed by atoms with van der Waals surface area (Å²) in [5, 5.41) is 2.59. The van der Waals surface area contributed by atoms with E-state index in [9.17, 15) is 18.4 Å². The molecule has 0 radical (unpaired) electrons. The molecule has 0 aliphatic carbocycles. The van der Waals surface area contributed by atoms with Gasteiger partial charge >= 0.3 is 0 Å². The lowest BCUT2D eigenvalue weighted by Crippen LogP contribution is -2.40. The number of amides is 2. The highest BCUT2D eigenvalue weighted by Gasteiger charge is 2.14. The third kappa shape index (κ3) is 5.67. The van der Waals surface area contributed by atoms with Crippen LogP contribution in [-0.4, -0.2) is 29.8 Å². The van der Waals surface area contributed by atoms with Gasteiger partial charge in [-0.2, -0.15) is 0 Å². The van der Waals surface area contributed by atoms with Crippen LogP contribution in [0.3, 0.4) is 0 Å². The molecule has 0 aromatic heterocycles. The van der Waals surface area contributed by atoms with E-state index in [4.69, 9.17) is 0 Å². The zero-order valence-corrected chi connectivity index (χ0v) is 14.0. The van der Waals surface area contributed by atoms with Crippen LogP contribution >= 0.6 is 0 Å². The Morgan fingerprint density at radius 2 is 1.52 bits per heavy atom. The van der Waals surface area contributed by atoms with Gasteiger partial charge in [0, 0.05) is 25.6 Å². The van der Waals surface area contributed by atoms with Gasteiger partial charge in [0.1, 0.15) is 11.6 Å². The summed E-state index contributed by atoms with van der Waals surface area (Å²) in [5.41, 5.74) is 0.858. The third-order valence-corrected chi connectivity index (χ3v) is 3.82. The Morgan fingerprint density at radius 1 is 0.960 bits per heavy atom. The largest absolute Gasteiger partial charge is 0.350 e. The molecular formula is C19H20F2N2O2. The number of rotatable bonds is 7. The normalized spacial score (nSPS) is 10.4. The monoisotopic (exact) mass is 346 g/mol. The van der Waals surface area contributed by atoms with Crippen LogP contribution in [0.25, 0.3) is 0 Å². The smallest absolute Gasteiger partial charge is 0.239 e. The first kappa shape index (κ1) is 18.6. The third-order valence-electron chi connectivity index (χ3n) is 3.82. The van der Waals surface area contributed by atoms with E-state index in [1.807, 2.05) is 0 Å². The maximum atomic E-state index is 13.6. The fraction of sp³-hybridized carbons (Fsp3) is 0.263. The number of benzene rings is 2. The average molecular weight is 346 g/mol. The van der Waals surface area contributed by atoms with E-state index in [0.29, 0.717) is 17.5 Å². The lowest BCUT2D eigenvalue weighted by atomic mass is 10.1. The molecule has 0 aliphatic rings. The summed E-state index contributed by atoms with van der Waals surface area (Å²) < 4.78 is 27.2. The summed E-state index contributed by atoms with van der Waals surface area (Å²) in [4.78, 5) is 25.1. The van der Waals surface area contributed by atoms with Crippen molar-refractivity contribution in [2.45, 2.75) is 19.9 Å². The lowest BCUT2D eigenvalue weighted by molar-refractivity contribution is -0.134. The molecule has 0 heterocycles. The van der Waals surface area contributed by atoms with Gasteiger partial charge in [0.25, 0.3) is 0 Å². The van der Waals surface area contributed by atoms with Crippen molar-refractivity contribution in [2.75, 3.05) is 13.1 Å². The molecule has 0 bridgehead atoms. The number of nitrogens with zero attached hydrogens (tertiary/aromatic N) is 1. The molecule has 2 rings (SSSR count). The van der Waals surface area contributed by atoms with Crippen molar-refractivity contribution in [1.29, 1.82) is 0 Å². The molecule has 25 heavy (non-hydrogen) atoms. The maximum Gasteiger partial charge on any atom is 0.239 e. The van der Waals surface area contributed by atoms with Crippen LogP contribution in [0.4, 0.5) is 8.78 Å². The lowest BCUT2D eigenvalue weighted by Gasteiger charge is -2.20. The van der Waals surface area contributed by atoms with E-state index in [1.54, 1.807) is 36.4 Å².